The molecule has 0 amide bonds. The first-order valence-corrected chi connectivity index (χ1v) is 10.00. The number of benzene rings is 1. The third-order valence-corrected chi connectivity index (χ3v) is 5.27. The fourth-order valence-electron chi connectivity index (χ4n) is 3.82. The highest BCUT2D eigenvalue weighted by Gasteiger charge is 2.22. The summed E-state index contributed by atoms with van der Waals surface area (Å²) < 4.78 is 0. The Morgan fingerprint density at radius 3 is 2.54 bits per heavy atom. The maximum Gasteiger partial charge on any atom is 0.151 e. The number of hydrogen-bond acceptors (Lipinski definition) is 4. The lowest BCUT2D eigenvalue weighted by molar-refractivity contribution is 0.179. The van der Waals surface area contributed by atoms with Gasteiger partial charge in [0.15, 0.2) is 5.82 Å². The standard InChI is InChI=1S/C22H32N4/c1-3-23-21-11-8-14-24-22(21)26(4-2)18-20-12-15-25(16-13-20)17-19-9-6-5-7-10-19/h5-11,14,20,23H,3-4,12-13,15-18H2,1-2H3. The van der Waals surface area contributed by atoms with Crippen molar-refractivity contribution in [1.29, 1.82) is 0 Å². The normalized spacial score (nSPS) is 15.8. The molecule has 1 aliphatic rings. The quantitative estimate of drug-likeness (QED) is 0.769. The lowest BCUT2D eigenvalue weighted by atomic mass is 9.95. The zero-order valence-electron chi connectivity index (χ0n) is 16.2. The first-order chi connectivity index (χ1) is 12.8. The Morgan fingerprint density at radius 2 is 1.85 bits per heavy atom. The van der Waals surface area contributed by atoms with E-state index in [1.165, 1.54) is 31.5 Å². The minimum Gasteiger partial charge on any atom is -0.382 e. The molecule has 0 atom stereocenters. The van der Waals surface area contributed by atoms with Crippen LogP contribution >= 0.6 is 0 Å². The molecule has 0 aliphatic carbocycles. The molecule has 0 unspecified atom stereocenters. The van der Waals surface area contributed by atoms with Crippen molar-refractivity contribution in [3.63, 3.8) is 0 Å². The second kappa shape index (κ2) is 9.58. The van der Waals surface area contributed by atoms with Crippen LogP contribution in [-0.4, -0.2) is 42.6 Å². The molecule has 2 aromatic rings. The molecular formula is C22H32N4. The van der Waals surface area contributed by atoms with Crippen molar-refractivity contribution >= 4 is 11.5 Å². The fourth-order valence-corrected chi connectivity index (χ4v) is 3.82. The van der Waals surface area contributed by atoms with Gasteiger partial charge in [-0.1, -0.05) is 30.3 Å². The largest absolute Gasteiger partial charge is 0.382 e. The number of pyridine rings is 1. The van der Waals surface area contributed by atoms with Gasteiger partial charge < -0.3 is 10.2 Å². The Balaban J connectivity index is 1.54. The van der Waals surface area contributed by atoms with Crippen LogP contribution in [0.4, 0.5) is 11.5 Å². The van der Waals surface area contributed by atoms with Crippen LogP contribution in [0.2, 0.25) is 0 Å². The maximum atomic E-state index is 4.66. The molecule has 2 heterocycles. The van der Waals surface area contributed by atoms with Crippen molar-refractivity contribution < 1.29 is 0 Å². The highest BCUT2D eigenvalue weighted by Crippen LogP contribution is 2.26. The van der Waals surface area contributed by atoms with Crippen molar-refractivity contribution in [3.05, 3.63) is 54.2 Å². The molecule has 3 rings (SSSR count). The molecule has 1 N–H and O–H groups in total. The van der Waals surface area contributed by atoms with Gasteiger partial charge in [0.1, 0.15) is 0 Å². The van der Waals surface area contributed by atoms with Crippen LogP contribution in [0.25, 0.3) is 0 Å². The van der Waals surface area contributed by atoms with E-state index in [2.05, 4.69) is 70.3 Å². The number of anilines is 2. The van der Waals surface area contributed by atoms with Crippen molar-refractivity contribution in [3.8, 4) is 0 Å². The molecule has 1 aliphatic heterocycles. The average molecular weight is 353 g/mol. The highest BCUT2D eigenvalue weighted by atomic mass is 15.2. The van der Waals surface area contributed by atoms with Crippen molar-refractivity contribution in [1.82, 2.24) is 9.88 Å². The number of aromatic nitrogens is 1. The molecule has 1 saturated heterocycles. The average Bonchev–Trinajstić information content (AvgIpc) is 2.69. The zero-order chi connectivity index (χ0) is 18.2. The third-order valence-electron chi connectivity index (χ3n) is 5.27. The van der Waals surface area contributed by atoms with E-state index in [4.69, 9.17) is 0 Å². The summed E-state index contributed by atoms with van der Waals surface area (Å²) in [6.07, 6.45) is 4.45. The topological polar surface area (TPSA) is 31.4 Å². The molecule has 0 bridgehead atoms. The zero-order valence-corrected chi connectivity index (χ0v) is 16.2. The molecule has 1 aromatic carbocycles. The maximum absolute atomic E-state index is 4.66. The summed E-state index contributed by atoms with van der Waals surface area (Å²) in [6, 6.07) is 15.0. The van der Waals surface area contributed by atoms with Crippen LogP contribution in [0, 0.1) is 5.92 Å². The number of hydrogen-bond donors (Lipinski definition) is 1. The molecule has 0 saturated carbocycles. The number of piperidine rings is 1. The van der Waals surface area contributed by atoms with Gasteiger partial charge in [-0.15, -0.1) is 0 Å². The SMILES string of the molecule is CCNc1cccnc1N(CC)CC1CCN(Cc2ccccc2)CC1. The van der Waals surface area contributed by atoms with Crippen LogP contribution < -0.4 is 10.2 Å². The van der Waals surface area contributed by atoms with Gasteiger partial charge in [0.25, 0.3) is 0 Å². The minimum atomic E-state index is 0.749. The molecule has 26 heavy (non-hydrogen) atoms. The van der Waals surface area contributed by atoms with Gasteiger partial charge in [-0.25, -0.2) is 4.98 Å². The van der Waals surface area contributed by atoms with Gasteiger partial charge in [0, 0.05) is 32.4 Å². The van der Waals surface area contributed by atoms with Crippen LogP contribution in [0.1, 0.15) is 32.3 Å². The highest BCUT2D eigenvalue weighted by molar-refractivity contribution is 5.65. The van der Waals surface area contributed by atoms with Crippen LogP contribution in [-0.2, 0) is 6.54 Å². The van der Waals surface area contributed by atoms with Gasteiger partial charge in [0.05, 0.1) is 5.69 Å². The van der Waals surface area contributed by atoms with E-state index in [0.717, 1.165) is 43.6 Å². The molecule has 4 heteroatoms. The van der Waals surface area contributed by atoms with Crippen LogP contribution in [0.3, 0.4) is 0 Å². The van der Waals surface area contributed by atoms with E-state index >= 15 is 0 Å². The predicted molar refractivity (Wildman–Crippen MR) is 111 cm³/mol. The summed E-state index contributed by atoms with van der Waals surface area (Å²) in [4.78, 5) is 9.69. The third kappa shape index (κ3) is 4.98. The van der Waals surface area contributed by atoms with E-state index in [-0.39, 0.29) is 0 Å². The van der Waals surface area contributed by atoms with Gasteiger partial charge in [-0.05, 0) is 63.4 Å². The summed E-state index contributed by atoms with van der Waals surface area (Å²) in [5.74, 6) is 1.85. The second-order valence-corrected chi connectivity index (χ2v) is 7.15. The monoisotopic (exact) mass is 352 g/mol. The second-order valence-electron chi connectivity index (χ2n) is 7.15. The Labute approximate surface area is 158 Å². The Kier molecular flexibility index (Phi) is 6.89. The molecule has 1 aromatic heterocycles. The molecule has 4 nitrogen and oxygen atoms in total. The van der Waals surface area contributed by atoms with Gasteiger partial charge in [0.2, 0.25) is 0 Å². The van der Waals surface area contributed by atoms with Crippen molar-refractivity contribution in [2.45, 2.75) is 33.2 Å². The van der Waals surface area contributed by atoms with E-state index < -0.39 is 0 Å². The number of nitrogens with zero attached hydrogens (tertiary/aromatic N) is 3. The Hall–Kier alpha value is -2.07. The van der Waals surface area contributed by atoms with Crippen LogP contribution in [0.5, 0.6) is 0 Å². The van der Waals surface area contributed by atoms with Gasteiger partial charge in [-0.2, -0.15) is 0 Å². The summed E-state index contributed by atoms with van der Waals surface area (Å²) in [6.45, 7) is 10.9. The number of nitrogens with one attached hydrogen (secondary N) is 1. The van der Waals surface area contributed by atoms with E-state index in [1.54, 1.807) is 0 Å². The molecular weight excluding hydrogens is 320 g/mol. The summed E-state index contributed by atoms with van der Waals surface area (Å²) in [5, 5.41) is 3.45. The molecule has 140 valence electrons. The first kappa shape index (κ1) is 18.7. The minimum absolute atomic E-state index is 0.749. The van der Waals surface area contributed by atoms with E-state index in [1.807, 2.05) is 12.3 Å². The van der Waals surface area contributed by atoms with E-state index in [0.29, 0.717) is 0 Å². The molecule has 1 fully saturated rings. The summed E-state index contributed by atoms with van der Waals surface area (Å²) in [7, 11) is 0. The molecule has 0 radical (unpaired) electrons. The summed E-state index contributed by atoms with van der Waals surface area (Å²) >= 11 is 0. The lowest BCUT2D eigenvalue weighted by Crippen LogP contribution is -2.39. The van der Waals surface area contributed by atoms with Crippen LogP contribution in [0.15, 0.2) is 48.7 Å². The Morgan fingerprint density at radius 1 is 1.08 bits per heavy atom. The number of likely N-dealkylation sites (tertiary alicyclic amines) is 1. The van der Waals surface area contributed by atoms with E-state index in [9.17, 15) is 0 Å². The fraction of sp³-hybridized carbons (Fsp3) is 0.500. The number of rotatable bonds is 8. The van der Waals surface area contributed by atoms with Crippen molar-refractivity contribution in [2.24, 2.45) is 5.92 Å². The first-order valence-electron chi connectivity index (χ1n) is 10.00. The smallest absolute Gasteiger partial charge is 0.151 e. The van der Waals surface area contributed by atoms with Crippen molar-refractivity contribution in [2.75, 3.05) is 42.9 Å². The molecule has 0 spiro atoms. The summed E-state index contributed by atoms with van der Waals surface area (Å²) in [5.41, 5.74) is 2.57. The Bertz CT molecular complexity index is 650. The predicted octanol–water partition coefficient (Wildman–Crippen LogP) is 4.25. The van der Waals surface area contributed by atoms with Gasteiger partial charge in [-0.3, -0.25) is 4.90 Å². The van der Waals surface area contributed by atoms with Gasteiger partial charge >= 0.3 is 0 Å². The lowest BCUT2D eigenvalue weighted by Gasteiger charge is -2.35.